The zero-order valence-corrected chi connectivity index (χ0v) is 17.1. The lowest BCUT2D eigenvalue weighted by Crippen LogP contribution is -2.15. The summed E-state index contributed by atoms with van der Waals surface area (Å²) in [6.07, 6.45) is 0. The molecule has 0 N–H and O–H groups in total. The van der Waals surface area contributed by atoms with Gasteiger partial charge in [0.25, 0.3) is 0 Å². The van der Waals surface area contributed by atoms with E-state index in [4.69, 9.17) is 4.42 Å². The van der Waals surface area contributed by atoms with Gasteiger partial charge in [0, 0.05) is 34.1 Å². The molecule has 0 aliphatic carbocycles. The van der Waals surface area contributed by atoms with Crippen LogP contribution >= 0.6 is 0 Å². The molecule has 4 heteroatoms. The van der Waals surface area contributed by atoms with E-state index in [0.29, 0.717) is 16.5 Å². The normalized spacial score (nSPS) is 10.8. The molecule has 0 unspecified atom stereocenters. The van der Waals surface area contributed by atoms with Gasteiger partial charge in [0.2, 0.25) is 0 Å². The summed E-state index contributed by atoms with van der Waals surface area (Å²) in [5.74, 6) is -0.347. The highest BCUT2D eigenvalue weighted by molar-refractivity contribution is 6.09. The number of para-hydroxylation sites is 2. The van der Waals surface area contributed by atoms with E-state index < -0.39 is 5.63 Å². The van der Waals surface area contributed by atoms with Crippen LogP contribution in [0.5, 0.6) is 0 Å². The van der Waals surface area contributed by atoms with Gasteiger partial charge in [0.15, 0.2) is 5.78 Å². The number of benzene rings is 4. The Labute approximate surface area is 185 Å². The van der Waals surface area contributed by atoms with E-state index in [1.165, 1.54) is 0 Å². The Hall–Kier alpha value is -4.44. The van der Waals surface area contributed by atoms with Gasteiger partial charge in [-0.05, 0) is 42.5 Å². The lowest BCUT2D eigenvalue weighted by Gasteiger charge is -2.25. The molecule has 0 bridgehead atoms. The maximum atomic E-state index is 12.8. The summed E-state index contributed by atoms with van der Waals surface area (Å²) in [6.45, 7) is 0. The summed E-state index contributed by atoms with van der Waals surface area (Å²) in [5.41, 5.74) is 3.07. The highest BCUT2D eigenvalue weighted by Gasteiger charge is 2.17. The van der Waals surface area contributed by atoms with E-state index in [1.807, 2.05) is 84.9 Å². The van der Waals surface area contributed by atoms with Crippen LogP contribution in [-0.2, 0) is 0 Å². The fraction of sp³-hybridized carbons (Fsp3) is 0. The monoisotopic (exact) mass is 417 g/mol. The van der Waals surface area contributed by atoms with Crippen molar-refractivity contribution >= 4 is 33.8 Å². The second-order valence-corrected chi connectivity index (χ2v) is 7.37. The van der Waals surface area contributed by atoms with Crippen LogP contribution in [0.25, 0.3) is 11.0 Å². The molecule has 1 heterocycles. The molecule has 32 heavy (non-hydrogen) atoms. The third kappa shape index (κ3) is 3.70. The zero-order valence-electron chi connectivity index (χ0n) is 17.1. The molecule has 0 atom stereocenters. The molecule has 0 fully saturated rings. The average Bonchev–Trinajstić information content (AvgIpc) is 2.85. The van der Waals surface area contributed by atoms with Gasteiger partial charge in [0.1, 0.15) is 11.1 Å². The van der Waals surface area contributed by atoms with Gasteiger partial charge in [-0.25, -0.2) is 4.79 Å². The Balaban J connectivity index is 1.61. The van der Waals surface area contributed by atoms with Gasteiger partial charge >= 0.3 is 5.63 Å². The van der Waals surface area contributed by atoms with Crippen LogP contribution in [0, 0.1) is 0 Å². The van der Waals surface area contributed by atoms with E-state index >= 15 is 0 Å². The van der Waals surface area contributed by atoms with Crippen LogP contribution in [0.3, 0.4) is 0 Å². The summed E-state index contributed by atoms with van der Waals surface area (Å²) in [4.78, 5) is 27.5. The quantitative estimate of drug-likeness (QED) is 0.242. The molecule has 0 saturated carbocycles. The van der Waals surface area contributed by atoms with E-state index in [-0.39, 0.29) is 11.3 Å². The minimum atomic E-state index is -0.644. The van der Waals surface area contributed by atoms with Gasteiger partial charge in [0.05, 0.1) is 0 Å². The molecule has 0 saturated heterocycles. The van der Waals surface area contributed by atoms with Crippen LogP contribution < -0.4 is 10.5 Å². The third-order valence-corrected chi connectivity index (χ3v) is 5.29. The molecule has 0 aliphatic heterocycles. The van der Waals surface area contributed by atoms with Crippen LogP contribution in [-0.4, -0.2) is 5.78 Å². The zero-order chi connectivity index (χ0) is 21.9. The van der Waals surface area contributed by atoms with Crippen LogP contribution in [0.1, 0.15) is 15.9 Å². The molecular weight excluding hydrogens is 398 g/mol. The first-order chi connectivity index (χ1) is 15.7. The van der Waals surface area contributed by atoms with E-state index in [0.717, 1.165) is 17.1 Å². The summed E-state index contributed by atoms with van der Waals surface area (Å²) < 4.78 is 5.59. The average molecular weight is 417 g/mol. The Morgan fingerprint density at radius 1 is 0.625 bits per heavy atom. The summed E-state index contributed by atoms with van der Waals surface area (Å²) >= 11 is 0. The molecule has 154 valence electrons. The van der Waals surface area contributed by atoms with Gasteiger partial charge < -0.3 is 9.32 Å². The third-order valence-electron chi connectivity index (χ3n) is 5.29. The lowest BCUT2D eigenvalue weighted by atomic mass is 10.0. The van der Waals surface area contributed by atoms with Gasteiger partial charge in [-0.15, -0.1) is 0 Å². The molecule has 5 rings (SSSR count). The molecule has 0 spiro atoms. The predicted octanol–water partition coefficient (Wildman–Crippen LogP) is 6.49. The van der Waals surface area contributed by atoms with Crippen molar-refractivity contribution in [2.75, 3.05) is 4.90 Å². The number of hydrogen-bond donors (Lipinski definition) is 0. The topological polar surface area (TPSA) is 50.5 Å². The molecule has 0 aliphatic rings. The number of fused-ring (bicyclic) bond motifs is 1. The number of carbonyl (C=O) groups excluding carboxylic acids is 1. The fourth-order valence-corrected chi connectivity index (χ4v) is 3.74. The largest absolute Gasteiger partial charge is 0.422 e. The Kier molecular flexibility index (Phi) is 5.10. The Morgan fingerprint density at radius 3 is 1.78 bits per heavy atom. The first-order valence-corrected chi connectivity index (χ1v) is 10.3. The van der Waals surface area contributed by atoms with Gasteiger partial charge in [-0.2, -0.15) is 0 Å². The second kappa shape index (κ2) is 8.36. The highest BCUT2D eigenvalue weighted by Crippen LogP contribution is 2.35. The molecule has 5 aromatic rings. The molecule has 4 nitrogen and oxygen atoms in total. The second-order valence-electron chi connectivity index (χ2n) is 7.37. The standard InChI is InChI=1S/C28H19NO3/c30-27(20-10-4-1-5-11-20)25-18-21-16-17-24(19-26(21)32-28(25)31)29(22-12-6-2-7-13-22)23-14-8-3-9-15-23/h1-19H. The fourth-order valence-electron chi connectivity index (χ4n) is 3.74. The van der Waals surface area contributed by atoms with E-state index in [9.17, 15) is 9.59 Å². The number of anilines is 3. The molecule has 0 radical (unpaired) electrons. The van der Waals surface area contributed by atoms with Crippen LogP contribution in [0.4, 0.5) is 17.1 Å². The maximum absolute atomic E-state index is 12.8. The van der Waals surface area contributed by atoms with Crippen molar-refractivity contribution in [3.63, 3.8) is 0 Å². The summed E-state index contributed by atoms with van der Waals surface area (Å²) in [5, 5.41) is 0.689. The SMILES string of the molecule is O=C(c1ccccc1)c1cc2ccc(N(c3ccccc3)c3ccccc3)cc2oc1=O. The highest BCUT2D eigenvalue weighted by atomic mass is 16.4. The van der Waals surface area contributed by atoms with Crippen LogP contribution in [0.2, 0.25) is 0 Å². The summed E-state index contributed by atoms with van der Waals surface area (Å²) in [7, 11) is 0. The molecular formula is C28H19NO3. The predicted molar refractivity (Wildman–Crippen MR) is 127 cm³/mol. The van der Waals surface area contributed by atoms with Crippen molar-refractivity contribution < 1.29 is 9.21 Å². The van der Waals surface area contributed by atoms with E-state index in [1.54, 1.807) is 30.3 Å². The molecule has 0 amide bonds. The lowest BCUT2D eigenvalue weighted by molar-refractivity contribution is 0.103. The maximum Gasteiger partial charge on any atom is 0.347 e. The number of carbonyl (C=O) groups is 1. The minimum Gasteiger partial charge on any atom is -0.422 e. The van der Waals surface area contributed by atoms with Crippen molar-refractivity contribution in [3.8, 4) is 0 Å². The van der Waals surface area contributed by atoms with E-state index in [2.05, 4.69) is 4.90 Å². The number of ketones is 1. The van der Waals surface area contributed by atoms with Crippen molar-refractivity contribution in [2.45, 2.75) is 0 Å². The summed E-state index contributed by atoms with van der Waals surface area (Å²) in [6, 6.07) is 35.9. The molecule has 4 aromatic carbocycles. The first kappa shape index (κ1) is 19.5. The van der Waals surface area contributed by atoms with Crippen molar-refractivity contribution in [3.05, 3.63) is 137 Å². The van der Waals surface area contributed by atoms with Gasteiger partial charge in [-0.1, -0.05) is 66.7 Å². The Morgan fingerprint density at radius 2 is 1.19 bits per heavy atom. The first-order valence-electron chi connectivity index (χ1n) is 10.3. The van der Waals surface area contributed by atoms with Crippen molar-refractivity contribution in [2.24, 2.45) is 0 Å². The Bertz CT molecular complexity index is 1400. The van der Waals surface area contributed by atoms with Gasteiger partial charge in [-0.3, -0.25) is 4.79 Å². The number of nitrogens with zero attached hydrogens (tertiary/aromatic N) is 1. The molecule has 1 aromatic heterocycles. The van der Waals surface area contributed by atoms with Crippen molar-refractivity contribution in [1.29, 1.82) is 0 Å². The smallest absolute Gasteiger partial charge is 0.347 e. The minimum absolute atomic E-state index is 0.0272. The van der Waals surface area contributed by atoms with Crippen molar-refractivity contribution in [1.82, 2.24) is 0 Å². The number of rotatable bonds is 5. The van der Waals surface area contributed by atoms with Crippen LogP contribution in [0.15, 0.2) is 124 Å². The number of hydrogen-bond acceptors (Lipinski definition) is 4.